The summed E-state index contributed by atoms with van der Waals surface area (Å²) in [4.78, 5) is 12.6. The molecule has 2 aromatic carbocycles. The van der Waals surface area contributed by atoms with E-state index in [0.717, 1.165) is 24.0 Å². The van der Waals surface area contributed by atoms with Gasteiger partial charge in [0.25, 0.3) is 0 Å². The van der Waals surface area contributed by atoms with Crippen molar-refractivity contribution in [2.45, 2.75) is 59.3 Å². The summed E-state index contributed by atoms with van der Waals surface area (Å²) in [5.41, 5.74) is 3.75. The highest BCUT2D eigenvalue weighted by atomic mass is 16.5. The smallest absolute Gasteiger partial charge is 0.189 e. The molecule has 0 atom stereocenters. The van der Waals surface area contributed by atoms with Crippen molar-refractivity contribution in [3.05, 3.63) is 76.9 Å². The molecule has 0 amide bonds. The number of phenols is 1. The summed E-state index contributed by atoms with van der Waals surface area (Å²) in [6, 6.07) is 13.0. The van der Waals surface area contributed by atoms with E-state index in [0.29, 0.717) is 12.4 Å². The van der Waals surface area contributed by atoms with Crippen LogP contribution in [0, 0.1) is 0 Å². The minimum absolute atomic E-state index is 0.0661. The summed E-state index contributed by atoms with van der Waals surface area (Å²) >= 11 is 0. The van der Waals surface area contributed by atoms with E-state index in [1.165, 1.54) is 43.4 Å². The third-order valence-corrected chi connectivity index (χ3v) is 5.00. The highest BCUT2D eigenvalue weighted by Gasteiger charge is 2.10. The highest BCUT2D eigenvalue weighted by Crippen LogP contribution is 2.25. The van der Waals surface area contributed by atoms with E-state index >= 15 is 0 Å². The SMILES string of the molecule is CCCCCCCc1ccccc1/C=C/C(=O)c1ccc(OCC=C(C)C)cc1O. The van der Waals surface area contributed by atoms with Gasteiger partial charge in [0, 0.05) is 6.07 Å². The van der Waals surface area contributed by atoms with Crippen LogP contribution in [0.5, 0.6) is 11.5 Å². The predicted molar refractivity (Wildman–Crippen MR) is 125 cm³/mol. The molecule has 2 rings (SSSR count). The number of allylic oxidation sites excluding steroid dienone is 2. The molecule has 0 bridgehead atoms. The van der Waals surface area contributed by atoms with Crippen molar-refractivity contribution in [1.82, 2.24) is 0 Å². The quantitative estimate of drug-likeness (QED) is 0.176. The Hall–Kier alpha value is -2.81. The van der Waals surface area contributed by atoms with Crippen LogP contribution < -0.4 is 4.74 Å². The molecule has 1 N–H and O–H groups in total. The number of aromatic hydroxyl groups is 1. The molecular weight excluding hydrogens is 372 g/mol. The third kappa shape index (κ3) is 7.90. The number of aryl methyl sites for hydroxylation is 1. The molecule has 160 valence electrons. The zero-order valence-electron chi connectivity index (χ0n) is 18.5. The fourth-order valence-corrected chi connectivity index (χ4v) is 3.21. The first-order valence-corrected chi connectivity index (χ1v) is 10.9. The van der Waals surface area contributed by atoms with Gasteiger partial charge in [-0.05, 0) is 62.1 Å². The lowest BCUT2D eigenvalue weighted by Crippen LogP contribution is -1.98. The number of carbonyl (C=O) groups is 1. The van der Waals surface area contributed by atoms with Gasteiger partial charge >= 0.3 is 0 Å². The van der Waals surface area contributed by atoms with Crippen molar-refractivity contribution < 1.29 is 14.6 Å². The molecule has 0 aliphatic carbocycles. The summed E-state index contributed by atoms with van der Waals surface area (Å²) < 4.78 is 5.57. The Kier molecular flexibility index (Phi) is 9.93. The maximum Gasteiger partial charge on any atom is 0.189 e. The highest BCUT2D eigenvalue weighted by molar-refractivity contribution is 6.08. The van der Waals surface area contributed by atoms with Crippen LogP contribution >= 0.6 is 0 Å². The van der Waals surface area contributed by atoms with Crippen molar-refractivity contribution in [3.63, 3.8) is 0 Å². The molecular formula is C27H34O3. The van der Waals surface area contributed by atoms with Crippen LogP contribution in [-0.2, 0) is 6.42 Å². The number of hydrogen-bond donors (Lipinski definition) is 1. The number of ether oxygens (including phenoxy) is 1. The lowest BCUT2D eigenvalue weighted by atomic mass is 9.99. The van der Waals surface area contributed by atoms with Gasteiger partial charge in [0.15, 0.2) is 5.78 Å². The molecule has 0 saturated heterocycles. The molecule has 0 radical (unpaired) electrons. The van der Waals surface area contributed by atoms with Crippen molar-refractivity contribution in [3.8, 4) is 11.5 Å². The molecule has 2 aromatic rings. The summed E-state index contributed by atoms with van der Waals surface area (Å²) in [5.74, 6) is 0.253. The molecule has 0 saturated carbocycles. The summed E-state index contributed by atoms with van der Waals surface area (Å²) in [5, 5.41) is 10.3. The topological polar surface area (TPSA) is 46.5 Å². The second-order valence-electron chi connectivity index (χ2n) is 7.83. The van der Waals surface area contributed by atoms with Crippen molar-refractivity contribution in [2.24, 2.45) is 0 Å². The Bertz CT molecular complexity index is 873. The van der Waals surface area contributed by atoms with Gasteiger partial charge in [-0.25, -0.2) is 0 Å². The van der Waals surface area contributed by atoms with E-state index in [2.05, 4.69) is 13.0 Å². The Balaban J connectivity index is 2.01. The number of phenolic OH excluding ortho intramolecular Hbond substituents is 1. The summed E-state index contributed by atoms with van der Waals surface area (Å²) in [7, 11) is 0. The maximum atomic E-state index is 12.6. The largest absolute Gasteiger partial charge is 0.507 e. The fraction of sp³-hybridized carbons (Fsp3) is 0.370. The van der Waals surface area contributed by atoms with Crippen LogP contribution in [0.15, 0.2) is 60.2 Å². The predicted octanol–water partition coefficient (Wildman–Crippen LogP) is 7.15. The van der Waals surface area contributed by atoms with Crippen LogP contribution in [0.1, 0.15) is 74.4 Å². The molecule has 3 nitrogen and oxygen atoms in total. The first-order valence-electron chi connectivity index (χ1n) is 10.9. The lowest BCUT2D eigenvalue weighted by molar-refractivity contribution is 0.104. The molecule has 0 spiro atoms. The minimum atomic E-state index is -0.221. The summed E-state index contributed by atoms with van der Waals surface area (Å²) in [6.07, 6.45) is 12.6. The number of ketones is 1. The molecule has 0 fully saturated rings. The Labute approximate surface area is 181 Å². The zero-order chi connectivity index (χ0) is 21.8. The number of benzene rings is 2. The number of carbonyl (C=O) groups excluding carboxylic acids is 1. The first kappa shape index (κ1) is 23.5. The van der Waals surface area contributed by atoms with E-state index in [9.17, 15) is 9.90 Å². The van der Waals surface area contributed by atoms with Gasteiger partial charge in [-0.15, -0.1) is 0 Å². The minimum Gasteiger partial charge on any atom is -0.507 e. The lowest BCUT2D eigenvalue weighted by Gasteiger charge is -2.07. The Morgan fingerprint density at radius 2 is 1.80 bits per heavy atom. The number of unbranched alkanes of at least 4 members (excludes halogenated alkanes) is 4. The van der Waals surface area contributed by atoms with Crippen LogP contribution in [0.4, 0.5) is 0 Å². The average Bonchev–Trinajstić information content (AvgIpc) is 2.72. The molecule has 0 aliphatic rings. The van der Waals surface area contributed by atoms with Gasteiger partial charge in [0.2, 0.25) is 0 Å². The van der Waals surface area contributed by atoms with Crippen molar-refractivity contribution >= 4 is 11.9 Å². The van der Waals surface area contributed by atoms with Crippen LogP contribution in [0.2, 0.25) is 0 Å². The standard InChI is InChI=1S/C27H34O3/c1-4-5-6-7-8-11-22-12-9-10-13-23(22)14-17-26(28)25-16-15-24(20-27(25)29)30-19-18-21(2)3/h9-10,12-18,20,29H,4-8,11,19H2,1-3H3/b17-14+. The number of hydrogen-bond acceptors (Lipinski definition) is 3. The van der Waals surface area contributed by atoms with Crippen LogP contribution in [-0.4, -0.2) is 17.5 Å². The molecule has 30 heavy (non-hydrogen) atoms. The summed E-state index contributed by atoms with van der Waals surface area (Å²) in [6.45, 7) is 6.66. The molecule has 0 aliphatic heterocycles. The maximum absolute atomic E-state index is 12.6. The van der Waals surface area contributed by atoms with E-state index < -0.39 is 0 Å². The molecule has 0 aromatic heterocycles. The Morgan fingerprint density at radius 1 is 1.03 bits per heavy atom. The first-order chi connectivity index (χ1) is 14.5. The monoisotopic (exact) mass is 406 g/mol. The van der Waals surface area contributed by atoms with Crippen molar-refractivity contribution in [1.29, 1.82) is 0 Å². The van der Waals surface area contributed by atoms with E-state index in [1.807, 2.05) is 44.2 Å². The van der Waals surface area contributed by atoms with E-state index in [1.54, 1.807) is 12.1 Å². The van der Waals surface area contributed by atoms with Crippen LogP contribution in [0.3, 0.4) is 0 Å². The third-order valence-electron chi connectivity index (χ3n) is 5.00. The van der Waals surface area contributed by atoms with Gasteiger partial charge in [0.05, 0.1) is 5.56 Å². The van der Waals surface area contributed by atoms with Gasteiger partial charge in [0.1, 0.15) is 18.1 Å². The average molecular weight is 407 g/mol. The molecule has 3 heteroatoms. The van der Waals surface area contributed by atoms with Gasteiger partial charge in [-0.1, -0.05) is 68.5 Å². The molecule has 0 heterocycles. The number of rotatable bonds is 12. The van der Waals surface area contributed by atoms with E-state index in [4.69, 9.17) is 4.74 Å². The van der Waals surface area contributed by atoms with E-state index in [-0.39, 0.29) is 17.1 Å². The fourth-order valence-electron chi connectivity index (χ4n) is 3.21. The second-order valence-corrected chi connectivity index (χ2v) is 7.83. The van der Waals surface area contributed by atoms with Crippen molar-refractivity contribution in [2.75, 3.05) is 6.61 Å². The van der Waals surface area contributed by atoms with Crippen LogP contribution in [0.25, 0.3) is 6.08 Å². The van der Waals surface area contributed by atoms with Gasteiger partial charge in [-0.3, -0.25) is 4.79 Å². The van der Waals surface area contributed by atoms with Gasteiger partial charge < -0.3 is 9.84 Å². The Morgan fingerprint density at radius 3 is 2.53 bits per heavy atom. The normalized spacial score (nSPS) is 10.9. The van der Waals surface area contributed by atoms with Gasteiger partial charge in [-0.2, -0.15) is 0 Å². The molecule has 0 unspecified atom stereocenters. The second kappa shape index (κ2) is 12.7. The zero-order valence-corrected chi connectivity index (χ0v) is 18.5.